The quantitative estimate of drug-likeness (QED) is 0.676. The van der Waals surface area contributed by atoms with Gasteiger partial charge in [0.25, 0.3) is 0 Å². The molecular weight excluding hydrogens is 380 g/mol. The van der Waals surface area contributed by atoms with Gasteiger partial charge in [0.2, 0.25) is 5.91 Å². The second-order valence-corrected chi connectivity index (χ2v) is 7.62. The molecule has 1 amide bonds. The fourth-order valence-electron chi connectivity index (χ4n) is 3.27. The second kappa shape index (κ2) is 8.06. The molecule has 1 fully saturated rings. The fourth-order valence-corrected chi connectivity index (χ4v) is 4.16. The molecular formula is C21H19F2N3OS. The zero-order valence-electron chi connectivity index (χ0n) is 15.1. The highest BCUT2D eigenvalue weighted by molar-refractivity contribution is 7.14. The highest BCUT2D eigenvalue weighted by atomic mass is 32.1. The van der Waals surface area contributed by atoms with Crippen molar-refractivity contribution in [1.82, 2.24) is 4.98 Å². The molecule has 144 valence electrons. The molecule has 1 N–H and O–H groups in total. The molecule has 1 aliphatic rings. The van der Waals surface area contributed by atoms with Gasteiger partial charge in [-0.25, -0.2) is 13.8 Å². The van der Waals surface area contributed by atoms with Crippen LogP contribution in [0.5, 0.6) is 0 Å². The van der Waals surface area contributed by atoms with E-state index in [-0.39, 0.29) is 23.5 Å². The van der Waals surface area contributed by atoms with Gasteiger partial charge in [-0.3, -0.25) is 4.79 Å². The molecule has 2 heterocycles. The molecule has 0 aliphatic carbocycles. The number of carbonyl (C=O) groups excluding carboxylic acids is 1. The molecule has 7 heteroatoms. The topological polar surface area (TPSA) is 45.2 Å². The maximum absolute atomic E-state index is 13.1. The van der Waals surface area contributed by atoms with Crippen LogP contribution >= 0.6 is 11.3 Å². The molecule has 0 spiro atoms. The fraction of sp³-hybridized carbons (Fsp3) is 0.238. The van der Waals surface area contributed by atoms with Gasteiger partial charge in [-0.1, -0.05) is 0 Å². The number of piperidine rings is 1. The van der Waals surface area contributed by atoms with E-state index in [2.05, 4.69) is 15.2 Å². The smallest absolute Gasteiger partial charge is 0.227 e. The second-order valence-electron chi connectivity index (χ2n) is 6.78. The molecule has 4 nitrogen and oxygen atoms in total. The van der Waals surface area contributed by atoms with Crippen molar-refractivity contribution in [2.75, 3.05) is 23.3 Å². The summed E-state index contributed by atoms with van der Waals surface area (Å²) >= 11 is 1.55. The van der Waals surface area contributed by atoms with Crippen molar-refractivity contribution in [2.24, 2.45) is 5.92 Å². The summed E-state index contributed by atoms with van der Waals surface area (Å²) in [7, 11) is 0. The third-order valence-corrected chi connectivity index (χ3v) is 5.78. The van der Waals surface area contributed by atoms with Gasteiger partial charge in [0.1, 0.15) is 11.6 Å². The molecule has 0 radical (unpaired) electrons. The number of rotatable bonds is 4. The third kappa shape index (κ3) is 4.20. The van der Waals surface area contributed by atoms with Crippen molar-refractivity contribution in [3.8, 4) is 11.3 Å². The van der Waals surface area contributed by atoms with Crippen LogP contribution in [0.2, 0.25) is 0 Å². The molecule has 0 atom stereocenters. The van der Waals surface area contributed by atoms with Crippen LogP contribution < -0.4 is 10.2 Å². The van der Waals surface area contributed by atoms with E-state index in [1.807, 2.05) is 5.38 Å². The van der Waals surface area contributed by atoms with Gasteiger partial charge in [0, 0.05) is 35.6 Å². The molecule has 3 aromatic rings. The van der Waals surface area contributed by atoms with Gasteiger partial charge in [0.15, 0.2) is 5.13 Å². The van der Waals surface area contributed by atoms with Gasteiger partial charge in [0.05, 0.1) is 5.69 Å². The molecule has 2 aromatic carbocycles. The van der Waals surface area contributed by atoms with E-state index in [0.29, 0.717) is 5.69 Å². The van der Waals surface area contributed by atoms with Crippen molar-refractivity contribution >= 4 is 28.1 Å². The number of benzene rings is 2. The Morgan fingerprint density at radius 3 is 2.25 bits per heavy atom. The Labute approximate surface area is 165 Å². The summed E-state index contributed by atoms with van der Waals surface area (Å²) in [5.74, 6) is -0.690. The van der Waals surface area contributed by atoms with Gasteiger partial charge < -0.3 is 10.2 Å². The standard InChI is InChI=1S/C21H19F2N3OS/c22-16-3-1-14(2-4-16)19-13-28-21(25-19)26-11-9-15(10-12-26)20(27)24-18-7-5-17(23)6-8-18/h1-8,13,15H,9-12H2,(H,24,27). The monoisotopic (exact) mass is 399 g/mol. The first-order valence-electron chi connectivity index (χ1n) is 9.11. The molecule has 0 saturated carbocycles. The highest BCUT2D eigenvalue weighted by Gasteiger charge is 2.26. The first-order valence-corrected chi connectivity index (χ1v) is 9.99. The summed E-state index contributed by atoms with van der Waals surface area (Å²) in [6.45, 7) is 1.50. The predicted molar refractivity (Wildman–Crippen MR) is 107 cm³/mol. The molecule has 0 unspecified atom stereocenters. The minimum atomic E-state index is -0.324. The first-order chi connectivity index (χ1) is 13.6. The number of aromatic nitrogens is 1. The molecule has 4 rings (SSSR count). The van der Waals surface area contributed by atoms with Gasteiger partial charge in [-0.15, -0.1) is 11.3 Å². The number of nitrogens with zero attached hydrogens (tertiary/aromatic N) is 2. The summed E-state index contributed by atoms with van der Waals surface area (Å²) in [5.41, 5.74) is 2.33. The number of amides is 1. The van der Waals surface area contributed by atoms with Crippen LogP contribution in [-0.4, -0.2) is 24.0 Å². The Morgan fingerprint density at radius 1 is 1.00 bits per heavy atom. The summed E-state index contributed by atoms with van der Waals surface area (Å²) < 4.78 is 26.1. The summed E-state index contributed by atoms with van der Waals surface area (Å²) in [6.07, 6.45) is 1.47. The molecule has 28 heavy (non-hydrogen) atoms. The number of hydrogen-bond acceptors (Lipinski definition) is 4. The molecule has 1 aliphatic heterocycles. The van der Waals surface area contributed by atoms with Crippen molar-refractivity contribution in [3.05, 3.63) is 65.5 Å². The lowest BCUT2D eigenvalue weighted by Gasteiger charge is -2.31. The van der Waals surface area contributed by atoms with E-state index >= 15 is 0 Å². The number of carbonyl (C=O) groups is 1. The Hall–Kier alpha value is -2.80. The minimum absolute atomic E-state index is 0.0302. The predicted octanol–water partition coefficient (Wildman–Crippen LogP) is 4.94. The van der Waals surface area contributed by atoms with Crippen molar-refractivity contribution in [1.29, 1.82) is 0 Å². The van der Waals surface area contributed by atoms with Crippen LogP contribution in [-0.2, 0) is 4.79 Å². The van der Waals surface area contributed by atoms with Crippen LogP contribution in [0.3, 0.4) is 0 Å². The summed E-state index contributed by atoms with van der Waals surface area (Å²) in [6, 6.07) is 12.1. The van der Waals surface area contributed by atoms with E-state index < -0.39 is 0 Å². The van der Waals surface area contributed by atoms with Crippen LogP contribution in [0, 0.1) is 17.6 Å². The SMILES string of the molecule is O=C(Nc1ccc(F)cc1)C1CCN(c2nc(-c3ccc(F)cc3)cs2)CC1. The normalized spacial score (nSPS) is 14.9. The number of halogens is 2. The van der Waals surface area contributed by atoms with Crippen LogP contribution in [0.15, 0.2) is 53.9 Å². The summed E-state index contributed by atoms with van der Waals surface area (Å²) in [5, 5.41) is 5.74. The minimum Gasteiger partial charge on any atom is -0.348 e. The van der Waals surface area contributed by atoms with Crippen molar-refractivity contribution in [3.63, 3.8) is 0 Å². The average Bonchev–Trinajstić information content (AvgIpc) is 3.20. The lowest BCUT2D eigenvalue weighted by molar-refractivity contribution is -0.120. The third-order valence-electron chi connectivity index (χ3n) is 4.88. The molecule has 1 saturated heterocycles. The van der Waals surface area contributed by atoms with E-state index in [0.717, 1.165) is 42.3 Å². The number of hydrogen-bond donors (Lipinski definition) is 1. The van der Waals surface area contributed by atoms with Crippen LogP contribution in [0.25, 0.3) is 11.3 Å². The Bertz CT molecular complexity index is 949. The maximum Gasteiger partial charge on any atom is 0.227 e. The van der Waals surface area contributed by atoms with E-state index in [1.165, 1.54) is 24.3 Å². The molecule has 0 bridgehead atoms. The number of anilines is 2. The zero-order valence-corrected chi connectivity index (χ0v) is 15.9. The summed E-state index contributed by atoms with van der Waals surface area (Å²) in [4.78, 5) is 19.3. The lowest BCUT2D eigenvalue weighted by atomic mass is 9.96. The Kier molecular flexibility index (Phi) is 5.34. The van der Waals surface area contributed by atoms with Crippen molar-refractivity contribution in [2.45, 2.75) is 12.8 Å². The first kappa shape index (κ1) is 18.6. The van der Waals surface area contributed by atoms with Gasteiger partial charge in [-0.05, 0) is 61.4 Å². The van der Waals surface area contributed by atoms with E-state index in [9.17, 15) is 13.6 Å². The van der Waals surface area contributed by atoms with Crippen LogP contribution in [0.1, 0.15) is 12.8 Å². The largest absolute Gasteiger partial charge is 0.348 e. The molecule has 1 aromatic heterocycles. The number of thiazole rings is 1. The zero-order chi connectivity index (χ0) is 19.5. The lowest BCUT2D eigenvalue weighted by Crippen LogP contribution is -2.38. The highest BCUT2D eigenvalue weighted by Crippen LogP contribution is 2.30. The maximum atomic E-state index is 13.1. The van der Waals surface area contributed by atoms with E-state index in [4.69, 9.17) is 0 Å². The Morgan fingerprint density at radius 2 is 1.61 bits per heavy atom. The average molecular weight is 399 g/mol. The Balaban J connectivity index is 1.34. The van der Waals surface area contributed by atoms with Gasteiger partial charge >= 0.3 is 0 Å². The van der Waals surface area contributed by atoms with Crippen molar-refractivity contribution < 1.29 is 13.6 Å². The van der Waals surface area contributed by atoms with Gasteiger partial charge in [-0.2, -0.15) is 0 Å². The van der Waals surface area contributed by atoms with Crippen LogP contribution in [0.4, 0.5) is 19.6 Å². The number of nitrogens with one attached hydrogen (secondary N) is 1. The van der Waals surface area contributed by atoms with E-state index in [1.54, 1.807) is 35.6 Å².